The van der Waals surface area contributed by atoms with Crippen LogP contribution in [0.3, 0.4) is 0 Å². The van der Waals surface area contributed by atoms with E-state index < -0.39 is 18.7 Å². The monoisotopic (exact) mass is 358 g/mol. The minimum absolute atomic E-state index is 0.000600. The summed E-state index contributed by atoms with van der Waals surface area (Å²) < 4.78 is 28.9. The lowest BCUT2D eigenvalue weighted by Crippen LogP contribution is -2.45. The first-order valence-electron chi connectivity index (χ1n) is 7.88. The quantitative estimate of drug-likeness (QED) is 0.799. The van der Waals surface area contributed by atoms with Gasteiger partial charge < -0.3 is 15.4 Å². The van der Waals surface area contributed by atoms with E-state index in [1.807, 2.05) is 0 Å². The first-order valence-corrected chi connectivity index (χ1v) is 7.88. The SMILES string of the molecule is CC1=C(C(=O)c2ccccc2)C(c2ccc(OC(F)F)cc2)NC(=O)N1. The van der Waals surface area contributed by atoms with E-state index in [1.54, 1.807) is 49.4 Å². The van der Waals surface area contributed by atoms with Gasteiger partial charge in [-0.3, -0.25) is 4.79 Å². The van der Waals surface area contributed by atoms with Gasteiger partial charge in [0, 0.05) is 16.8 Å². The highest BCUT2D eigenvalue weighted by Crippen LogP contribution is 2.30. The smallest absolute Gasteiger partial charge is 0.387 e. The molecule has 134 valence electrons. The number of carbonyl (C=O) groups is 2. The fourth-order valence-corrected chi connectivity index (χ4v) is 2.83. The van der Waals surface area contributed by atoms with E-state index in [0.717, 1.165) is 0 Å². The maximum absolute atomic E-state index is 12.9. The van der Waals surface area contributed by atoms with Crippen molar-refractivity contribution in [1.82, 2.24) is 10.6 Å². The number of hydrogen-bond donors (Lipinski definition) is 2. The number of allylic oxidation sites excluding steroid dienone is 1. The summed E-state index contributed by atoms with van der Waals surface area (Å²) in [5.74, 6) is -0.228. The van der Waals surface area contributed by atoms with Crippen LogP contribution in [-0.4, -0.2) is 18.4 Å². The van der Waals surface area contributed by atoms with E-state index in [4.69, 9.17) is 0 Å². The van der Waals surface area contributed by atoms with Crippen molar-refractivity contribution in [2.45, 2.75) is 19.6 Å². The highest BCUT2D eigenvalue weighted by Gasteiger charge is 2.31. The topological polar surface area (TPSA) is 67.4 Å². The molecular weight excluding hydrogens is 342 g/mol. The summed E-state index contributed by atoms with van der Waals surface area (Å²) in [6.07, 6.45) is 0. The number of nitrogens with one attached hydrogen (secondary N) is 2. The standard InChI is InChI=1S/C19H16F2N2O3/c1-11-15(17(24)13-5-3-2-4-6-13)16(23-19(25)22-11)12-7-9-14(10-8-12)26-18(20)21/h2-10,16,18H,1H3,(H2,22,23,25). The van der Waals surface area contributed by atoms with E-state index in [1.165, 1.54) is 12.1 Å². The molecule has 1 aliphatic rings. The molecule has 0 aliphatic carbocycles. The zero-order valence-electron chi connectivity index (χ0n) is 13.8. The maximum Gasteiger partial charge on any atom is 0.387 e. The highest BCUT2D eigenvalue weighted by atomic mass is 19.3. The van der Waals surface area contributed by atoms with Gasteiger partial charge in [0.05, 0.1) is 6.04 Å². The number of ketones is 1. The van der Waals surface area contributed by atoms with Crippen LogP contribution in [0.1, 0.15) is 28.9 Å². The van der Waals surface area contributed by atoms with Crippen molar-refractivity contribution in [2.24, 2.45) is 0 Å². The molecule has 0 aromatic heterocycles. The minimum Gasteiger partial charge on any atom is -0.435 e. The van der Waals surface area contributed by atoms with Gasteiger partial charge in [-0.25, -0.2) is 4.79 Å². The van der Waals surface area contributed by atoms with Crippen LogP contribution < -0.4 is 15.4 Å². The van der Waals surface area contributed by atoms with E-state index >= 15 is 0 Å². The van der Waals surface area contributed by atoms with Gasteiger partial charge >= 0.3 is 12.6 Å². The van der Waals surface area contributed by atoms with E-state index in [9.17, 15) is 18.4 Å². The van der Waals surface area contributed by atoms with Crippen LogP contribution in [-0.2, 0) is 0 Å². The molecule has 1 atom stereocenters. The number of benzene rings is 2. The predicted molar refractivity (Wildman–Crippen MR) is 91.0 cm³/mol. The van der Waals surface area contributed by atoms with Crippen molar-refractivity contribution in [3.8, 4) is 5.75 Å². The normalized spacial score (nSPS) is 16.9. The Kier molecular flexibility index (Phi) is 4.97. The van der Waals surface area contributed by atoms with Crippen LogP contribution >= 0.6 is 0 Å². The molecule has 2 aromatic rings. The Morgan fingerprint density at radius 3 is 2.35 bits per heavy atom. The summed E-state index contributed by atoms with van der Waals surface area (Å²) in [7, 11) is 0. The van der Waals surface area contributed by atoms with Crippen molar-refractivity contribution < 1.29 is 23.1 Å². The van der Waals surface area contributed by atoms with E-state index in [2.05, 4.69) is 15.4 Å². The van der Waals surface area contributed by atoms with E-state index in [0.29, 0.717) is 22.4 Å². The molecule has 2 aromatic carbocycles. The van der Waals surface area contributed by atoms with Gasteiger partial charge in [0.2, 0.25) is 0 Å². The number of ether oxygens (including phenoxy) is 1. The van der Waals surface area contributed by atoms with Crippen molar-refractivity contribution in [3.63, 3.8) is 0 Å². The number of urea groups is 1. The lowest BCUT2D eigenvalue weighted by atomic mass is 9.89. The number of amides is 2. The summed E-state index contributed by atoms with van der Waals surface area (Å²) in [4.78, 5) is 24.8. The molecule has 2 N–H and O–H groups in total. The molecule has 0 radical (unpaired) electrons. The number of hydrogen-bond acceptors (Lipinski definition) is 3. The van der Waals surface area contributed by atoms with Crippen LogP contribution in [0, 0.1) is 0 Å². The van der Waals surface area contributed by atoms with E-state index in [-0.39, 0.29) is 11.5 Å². The van der Waals surface area contributed by atoms with Gasteiger partial charge in [-0.05, 0) is 24.6 Å². The van der Waals surface area contributed by atoms with Gasteiger partial charge in [0.15, 0.2) is 5.78 Å². The third-order valence-electron chi connectivity index (χ3n) is 3.99. The Morgan fingerprint density at radius 1 is 1.08 bits per heavy atom. The molecule has 0 spiro atoms. The lowest BCUT2D eigenvalue weighted by molar-refractivity contribution is -0.0498. The minimum atomic E-state index is -2.92. The van der Waals surface area contributed by atoms with Crippen molar-refractivity contribution in [3.05, 3.63) is 77.0 Å². The Balaban J connectivity index is 1.96. The first kappa shape index (κ1) is 17.6. The molecule has 0 fully saturated rings. The molecule has 7 heteroatoms. The second-order valence-corrected chi connectivity index (χ2v) is 5.71. The molecule has 2 amide bonds. The second kappa shape index (κ2) is 7.35. The number of rotatable bonds is 5. The molecular formula is C19H16F2N2O3. The van der Waals surface area contributed by atoms with Gasteiger partial charge in [0.25, 0.3) is 0 Å². The summed E-state index contributed by atoms with van der Waals surface area (Å²) >= 11 is 0. The zero-order chi connectivity index (χ0) is 18.7. The Bertz CT molecular complexity index is 849. The summed E-state index contributed by atoms with van der Waals surface area (Å²) in [6.45, 7) is -1.27. The van der Waals surface area contributed by atoms with Gasteiger partial charge in [-0.2, -0.15) is 8.78 Å². The molecule has 3 rings (SSSR count). The zero-order valence-corrected chi connectivity index (χ0v) is 13.8. The van der Waals surface area contributed by atoms with Crippen LogP contribution in [0.15, 0.2) is 65.9 Å². The molecule has 0 saturated heterocycles. The number of carbonyl (C=O) groups excluding carboxylic acids is 2. The molecule has 0 saturated carbocycles. The van der Waals surface area contributed by atoms with Crippen LogP contribution in [0.4, 0.5) is 13.6 Å². The highest BCUT2D eigenvalue weighted by molar-refractivity contribution is 6.11. The Hall–Kier alpha value is -3.22. The molecule has 1 heterocycles. The molecule has 1 aliphatic heterocycles. The summed E-state index contributed by atoms with van der Waals surface area (Å²) in [6, 6.07) is 13.4. The van der Waals surface area contributed by atoms with Gasteiger partial charge in [0.1, 0.15) is 5.75 Å². The van der Waals surface area contributed by atoms with Crippen LogP contribution in [0.5, 0.6) is 5.75 Å². The molecule has 5 nitrogen and oxygen atoms in total. The average molecular weight is 358 g/mol. The predicted octanol–water partition coefficient (Wildman–Crippen LogP) is 3.80. The first-order chi connectivity index (χ1) is 12.5. The Labute approximate surface area is 148 Å². The van der Waals surface area contributed by atoms with Crippen LogP contribution in [0.25, 0.3) is 0 Å². The average Bonchev–Trinajstić information content (AvgIpc) is 2.61. The second-order valence-electron chi connectivity index (χ2n) is 5.71. The molecule has 0 bridgehead atoms. The van der Waals surface area contributed by atoms with Crippen molar-refractivity contribution >= 4 is 11.8 Å². The van der Waals surface area contributed by atoms with Crippen molar-refractivity contribution in [2.75, 3.05) is 0 Å². The molecule has 1 unspecified atom stereocenters. The number of Topliss-reactive ketones (excluding diaryl/α,β-unsaturated/α-hetero) is 1. The third-order valence-corrected chi connectivity index (χ3v) is 3.99. The largest absolute Gasteiger partial charge is 0.435 e. The Morgan fingerprint density at radius 2 is 1.73 bits per heavy atom. The van der Waals surface area contributed by atoms with Gasteiger partial charge in [-0.1, -0.05) is 42.5 Å². The molecule has 26 heavy (non-hydrogen) atoms. The third kappa shape index (κ3) is 3.72. The number of halogens is 2. The fourth-order valence-electron chi connectivity index (χ4n) is 2.83. The maximum atomic E-state index is 12.9. The summed E-state index contributed by atoms with van der Waals surface area (Å²) in [5.41, 5.74) is 1.90. The van der Waals surface area contributed by atoms with Crippen LogP contribution in [0.2, 0.25) is 0 Å². The van der Waals surface area contributed by atoms with Crippen molar-refractivity contribution in [1.29, 1.82) is 0 Å². The number of alkyl halides is 2. The lowest BCUT2D eigenvalue weighted by Gasteiger charge is -2.28. The summed E-state index contributed by atoms with van der Waals surface area (Å²) in [5, 5.41) is 5.31. The fraction of sp³-hybridized carbons (Fsp3) is 0.158. The van der Waals surface area contributed by atoms with Gasteiger partial charge in [-0.15, -0.1) is 0 Å².